The van der Waals surface area contributed by atoms with Crippen molar-refractivity contribution in [3.05, 3.63) is 26.8 Å². The Morgan fingerprint density at radius 1 is 1.57 bits per heavy atom. The number of nitrogens with zero attached hydrogens (tertiary/aromatic N) is 1. The van der Waals surface area contributed by atoms with Gasteiger partial charge in [0.1, 0.15) is 9.39 Å². The molecule has 0 aromatic carbocycles. The molecule has 0 radical (unpaired) electrons. The van der Waals surface area contributed by atoms with E-state index in [4.69, 9.17) is 11.6 Å². The molecule has 0 bridgehead atoms. The minimum atomic E-state index is -3.01. The fourth-order valence-electron chi connectivity index (χ4n) is 0.770. The average molecular weight is 335 g/mol. The van der Waals surface area contributed by atoms with Gasteiger partial charge in [0, 0.05) is 0 Å². The largest absolute Gasteiger partial charge is 0.283 e. The van der Waals surface area contributed by atoms with Crippen LogP contribution in [0, 0.1) is 9.52 Å². The summed E-state index contributed by atoms with van der Waals surface area (Å²) in [5, 5.41) is -0.929. The first-order chi connectivity index (χ1) is 6.43. The number of halogens is 5. The number of hydrogen-bond acceptors (Lipinski definition) is 2. The van der Waals surface area contributed by atoms with E-state index in [0.717, 1.165) is 0 Å². The van der Waals surface area contributed by atoms with Crippen LogP contribution in [0.3, 0.4) is 0 Å². The quantitative estimate of drug-likeness (QED) is 0.472. The van der Waals surface area contributed by atoms with Gasteiger partial charge in [-0.05, 0) is 40.3 Å². The molecule has 0 fully saturated rings. The molecule has 1 rings (SSSR count). The maximum absolute atomic E-state index is 12.9. The van der Waals surface area contributed by atoms with Crippen molar-refractivity contribution in [2.24, 2.45) is 0 Å². The van der Waals surface area contributed by atoms with Crippen molar-refractivity contribution < 1.29 is 18.0 Å². The molecule has 0 spiro atoms. The van der Waals surface area contributed by atoms with Crippen LogP contribution < -0.4 is 0 Å². The average Bonchev–Trinajstić information content (AvgIpc) is 2.07. The Hall–Kier alpha value is -0.370. The topological polar surface area (TPSA) is 30.0 Å². The van der Waals surface area contributed by atoms with Gasteiger partial charge in [-0.2, -0.15) is 0 Å². The zero-order valence-corrected chi connectivity index (χ0v) is 9.31. The van der Waals surface area contributed by atoms with Gasteiger partial charge in [-0.3, -0.25) is 4.79 Å². The first-order valence-electron chi connectivity index (χ1n) is 3.27. The van der Waals surface area contributed by atoms with Crippen molar-refractivity contribution in [1.29, 1.82) is 0 Å². The van der Waals surface area contributed by atoms with Gasteiger partial charge in [0.15, 0.2) is 5.82 Å². The van der Waals surface area contributed by atoms with Crippen LogP contribution in [0.15, 0.2) is 6.07 Å². The van der Waals surface area contributed by atoms with E-state index in [0.29, 0.717) is 6.07 Å². The number of hydrogen-bond donors (Lipinski definition) is 0. The van der Waals surface area contributed by atoms with Crippen LogP contribution in [0.25, 0.3) is 0 Å². The van der Waals surface area contributed by atoms with Crippen LogP contribution >= 0.6 is 34.2 Å². The number of carbonyl (C=O) groups is 1. The summed E-state index contributed by atoms with van der Waals surface area (Å²) in [6.45, 7) is 0. The molecular formula is C7H2ClF3INO. The molecule has 14 heavy (non-hydrogen) atoms. The van der Waals surface area contributed by atoms with Gasteiger partial charge in [-0.15, -0.1) is 0 Å². The number of alkyl halides is 2. The summed E-state index contributed by atoms with van der Waals surface area (Å²) >= 11 is 6.61. The van der Waals surface area contributed by atoms with Gasteiger partial charge in [-0.1, -0.05) is 0 Å². The highest BCUT2D eigenvalue weighted by Gasteiger charge is 2.20. The molecule has 2 nitrogen and oxygen atoms in total. The van der Waals surface area contributed by atoms with Crippen LogP contribution in [0.1, 0.15) is 22.5 Å². The number of aromatic nitrogens is 1. The fourth-order valence-corrected chi connectivity index (χ4v) is 1.73. The maximum atomic E-state index is 12.9. The lowest BCUT2D eigenvalue weighted by atomic mass is 10.2. The molecule has 76 valence electrons. The molecule has 0 amide bonds. The second-order valence-corrected chi connectivity index (χ2v) is 3.63. The highest BCUT2D eigenvalue weighted by Crippen LogP contribution is 2.23. The minimum Gasteiger partial charge on any atom is -0.276 e. The Kier molecular flexibility index (Phi) is 3.71. The van der Waals surface area contributed by atoms with E-state index in [2.05, 4.69) is 4.98 Å². The third-order valence-electron chi connectivity index (χ3n) is 1.38. The molecule has 1 aromatic heterocycles. The van der Waals surface area contributed by atoms with Gasteiger partial charge in [0.05, 0.1) is 5.56 Å². The smallest absolute Gasteiger partial charge is 0.276 e. The Bertz CT molecular complexity index is 385. The third-order valence-corrected chi connectivity index (χ3v) is 2.40. The van der Waals surface area contributed by atoms with Crippen molar-refractivity contribution >= 4 is 39.4 Å². The zero-order valence-electron chi connectivity index (χ0n) is 6.40. The normalized spacial score (nSPS) is 10.7. The lowest BCUT2D eigenvalue weighted by Crippen LogP contribution is -2.04. The summed E-state index contributed by atoms with van der Waals surface area (Å²) in [5.41, 5.74) is -1.19. The lowest BCUT2D eigenvalue weighted by molar-refractivity contribution is 0.107. The Morgan fingerprint density at radius 2 is 2.14 bits per heavy atom. The van der Waals surface area contributed by atoms with E-state index in [-0.39, 0.29) is 9.26 Å². The molecule has 0 N–H and O–H groups in total. The van der Waals surface area contributed by atoms with Gasteiger partial charge in [0.2, 0.25) is 0 Å². The first kappa shape index (κ1) is 11.7. The Morgan fingerprint density at radius 3 is 2.57 bits per heavy atom. The highest BCUT2D eigenvalue weighted by molar-refractivity contribution is 14.1. The Balaban J connectivity index is 3.31. The van der Waals surface area contributed by atoms with Gasteiger partial charge >= 0.3 is 0 Å². The molecule has 1 aromatic rings. The molecule has 0 unspecified atom stereocenters. The van der Waals surface area contributed by atoms with Gasteiger partial charge in [-0.25, -0.2) is 18.2 Å². The fraction of sp³-hybridized carbons (Fsp3) is 0.143. The van der Waals surface area contributed by atoms with E-state index >= 15 is 0 Å². The molecule has 1 heterocycles. The van der Waals surface area contributed by atoms with E-state index in [1.165, 1.54) is 22.6 Å². The highest BCUT2D eigenvalue weighted by atomic mass is 127. The summed E-state index contributed by atoms with van der Waals surface area (Å²) in [6.07, 6.45) is -3.01. The standard InChI is InChI=1S/C7H2ClF3INO/c8-5(14)2-1-3(9)4(6(10)11)13-7(2)12/h1,6H. The molecule has 0 atom stereocenters. The summed E-state index contributed by atoms with van der Waals surface area (Å²) in [7, 11) is 0. The monoisotopic (exact) mass is 335 g/mol. The molecule has 0 aliphatic carbocycles. The predicted molar refractivity (Wildman–Crippen MR) is 52.1 cm³/mol. The van der Waals surface area contributed by atoms with Crippen molar-refractivity contribution in [2.45, 2.75) is 6.43 Å². The van der Waals surface area contributed by atoms with Crippen LogP contribution in [0.5, 0.6) is 0 Å². The summed E-state index contributed by atoms with van der Waals surface area (Å²) < 4.78 is 37.1. The number of pyridine rings is 1. The maximum Gasteiger partial charge on any atom is 0.283 e. The molecule has 0 aliphatic rings. The summed E-state index contributed by atoms with van der Waals surface area (Å²) in [5.74, 6) is -1.23. The molecule has 0 aliphatic heterocycles. The summed E-state index contributed by atoms with van der Waals surface area (Å²) in [6, 6.07) is 0.658. The number of rotatable bonds is 2. The van der Waals surface area contributed by atoms with Crippen molar-refractivity contribution in [1.82, 2.24) is 4.98 Å². The van der Waals surface area contributed by atoms with Crippen molar-refractivity contribution in [3.63, 3.8) is 0 Å². The lowest BCUT2D eigenvalue weighted by Gasteiger charge is -2.03. The van der Waals surface area contributed by atoms with Crippen molar-refractivity contribution in [2.75, 3.05) is 0 Å². The van der Waals surface area contributed by atoms with Crippen LogP contribution in [-0.4, -0.2) is 10.2 Å². The first-order valence-corrected chi connectivity index (χ1v) is 4.73. The van der Waals surface area contributed by atoms with E-state index in [1.54, 1.807) is 0 Å². The van der Waals surface area contributed by atoms with Crippen molar-refractivity contribution in [3.8, 4) is 0 Å². The number of carbonyl (C=O) groups excluding carboxylic acids is 1. The molecule has 0 saturated heterocycles. The van der Waals surface area contributed by atoms with Gasteiger partial charge < -0.3 is 0 Å². The SMILES string of the molecule is O=C(Cl)c1cc(F)c(C(F)F)nc1I. The summed E-state index contributed by atoms with van der Waals surface area (Å²) in [4.78, 5) is 13.9. The second-order valence-electron chi connectivity index (χ2n) is 2.27. The molecule has 0 saturated carbocycles. The molecule has 7 heteroatoms. The van der Waals surface area contributed by atoms with E-state index in [1.807, 2.05) is 0 Å². The second kappa shape index (κ2) is 4.43. The van der Waals surface area contributed by atoms with Crippen LogP contribution in [0.4, 0.5) is 13.2 Å². The van der Waals surface area contributed by atoms with E-state index in [9.17, 15) is 18.0 Å². The Labute approximate surface area is 95.6 Å². The van der Waals surface area contributed by atoms with E-state index < -0.39 is 23.2 Å². The minimum absolute atomic E-state index is 0.0423. The molecular weight excluding hydrogens is 333 g/mol. The van der Waals surface area contributed by atoms with Gasteiger partial charge in [0.25, 0.3) is 11.7 Å². The zero-order chi connectivity index (χ0) is 10.9. The third kappa shape index (κ3) is 2.35. The van der Waals surface area contributed by atoms with Crippen LogP contribution in [-0.2, 0) is 0 Å². The van der Waals surface area contributed by atoms with Crippen LogP contribution in [0.2, 0.25) is 0 Å². The predicted octanol–water partition coefficient (Wildman–Crippen LogP) is 3.14.